The number of hydrogen-bond acceptors (Lipinski definition) is 7. The topological polar surface area (TPSA) is 120 Å². The highest BCUT2D eigenvalue weighted by Gasteiger charge is 2.22. The molecule has 0 saturated heterocycles. The van der Waals surface area contributed by atoms with E-state index in [1.807, 2.05) is 62.4 Å². The maximum atomic E-state index is 13.9. The van der Waals surface area contributed by atoms with Gasteiger partial charge in [-0.25, -0.2) is 9.78 Å². The quantitative estimate of drug-likeness (QED) is 0.207. The molecule has 0 unspecified atom stereocenters. The molecule has 0 fully saturated rings. The van der Waals surface area contributed by atoms with Gasteiger partial charge in [0.25, 0.3) is 5.56 Å². The van der Waals surface area contributed by atoms with Gasteiger partial charge in [-0.05, 0) is 36.0 Å². The Morgan fingerprint density at radius 3 is 2.46 bits per heavy atom. The Kier molecular flexibility index (Phi) is 9.69. The lowest BCUT2D eigenvalue weighted by atomic mass is 9.98. The van der Waals surface area contributed by atoms with Gasteiger partial charge in [0, 0.05) is 12.0 Å². The fraction of sp³-hybridized carbons (Fsp3) is 0.344. The molecule has 0 aliphatic rings. The number of nitrogens with one attached hydrogen (secondary N) is 1. The number of unbranched alkanes of at least 4 members (excludes halogenated alkanes) is 1. The number of ether oxygens (including phenoxy) is 1. The van der Waals surface area contributed by atoms with Gasteiger partial charge >= 0.3 is 11.7 Å². The molecule has 41 heavy (non-hydrogen) atoms. The minimum absolute atomic E-state index is 0.00916. The summed E-state index contributed by atoms with van der Waals surface area (Å²) in [5.41, 5.74) is 4.21. The molecule has 1 N–H and O–H groups in total. The van der Waals surface area contributed by atoms with E-state index in [9.17, 15) is 14.4 Å². The molecule has 0 atom stereocenters. The standard InChI is InChI=1S/C32H34N4O5/c1-5-7-13-27-33-29(21(3)4)26(19-28(37)40-18-8-6-2)31(38)36(27)20-22-14-16-23(17-15-22)24-11-9-10-12-25(24)30-34-32(39)41-35-30/h9-12,14-17,21H,5,7,13,18-20H2,1-4H3,(H,34,35,39). The maximum absolute atomic E-state index is 13.9. The van der Waals surface area contributed by atoms with Gasteiger partial charge < -0.3 is 4.74 Å². The lowest BCUT2D eigenvalue weighted by molar-refractivity contribution is -0.141. The van der Waals surface area contributed by atoms with Gasteiger partial charge in [-0.1, -0.05) is 86.8 Å². The number of H-pyrrole nitrogens is 1. The number of hydrogen-bond donors (Lipinski definition) is 1. The van der Waals surface area contributed by atoms with E-state index in [-0.39, 0.29) is 24.5 Å². The third-order valence-corrected chi connectivity index (χ3v) is 6.71. The maximum Gasteiger partial charge on any atom is 0.439 e. The van der Waals surface area contributed by atoms with E-state index in [1.54, 1.807) is 11.5 Å². The minimum Gasteiger partial charge on any atom is -0.452 e. The van der Waals surface area contributed by atoms with Crippen molar-refractivity contribution in [3.63, 3.8) is 0 Å². The number of nitrogens with zero attached hydrogens (tertiary/aromatic N) is 3. The van der Waals surface area contributed by atoms with Crippen molar-refractivity contribution in [1.82, 2.24) is 19.7 Å². The van der Waals surface area contributed by atoms with E-state index < -0.39 is 11.7 Å². The number of aromatic nitrogens is 4. The first-order chi connectivity index (χ1) is 19.8. The summed E-state index contributed by atoms with van der Waals surface area (Å²) in [5.74, 6) is 5.31. The zero-order valence-electron chi connectivity index (χ0n) is 23.8. The molecule has 0 bridgehead atoms. The SMILES string of the molecule is CC#CCOC(=O)Cc1c(C(C)C)nc(CCCC)n(Cc2ccc(-c3ccccc3-c3noc(=O)[nH]3)cc2)c1=O. The molecule has 212 valence electrons. The molecule has 4 aromatic rings. The van der Waals surface area contributed by atoms with Gasteiger partial charge in [0.1, 0.15) is 5.82 Å². The highest BCUT2D eigenvalue weighted by Crippen LogP contribution is 2.30. The zero-order chi connectivity index (χ0) is 29.4. The molecular formula is C32H34N4O5. The molecule has 0 saturated carbocycles. The summed E-state index contributed by atoms with van der Waals surface area (Å²) >= 11 is 0. The Morgan fingerprint density at radius 2 is 1.83 bits per heavy atom. The molecule has 2 heterocycles. The van der Waals surface area contributed by atoms with Gasteiger partial charge in [-0.2, -0.15) is 0 Å². The van der Waals surface area contributed by atoms with Crippen molar-refractivity contribution in [1.29, 1.82) is 0 Å². The van der Waals surface area contributed by atoms with Gasteiger partial charge in [0.05, 0.1) is 24.2 Å². The van der Waals surface area contributed by atoms with Crippen molar-refractivity contribution < 1.29 is 14.1 Å². The van der Waals surface area contributed by atoms with E-state index in [4.69, 9.17) is 14.2 Å². The van der Waals surface area contributed by atoms with Gasteiger partial charge in [-0.3, -0.25) is 23.7 Å². The molecule has 0 aliphatic carbocycles. The van der Waals surface area contributed by atoms with E-state index in [0.29, 0.717) is 35.9 Å². The number of carbonyl (C=O) groups is 1. The van der Waals surface area contributed by atoms with Crippen molar-refractivity contribution in [2.24, 2.45) is 0 Å². The highest BCUT2D eigenvalue weighted by atomic mass is 16.5. The highest BCUT2D eigenvalue weighted by molar-refractivity contribution is 5.80. The second kappa shape index (κ2) is 13.6. The second-order valence-electron chi connectivity index (χ2n) is 9.99. The van der Waals surface area contributed by atoms with Crippen LogP contribution in [0.5, 0.6) is 0 Å². The third kappa shape index (κ3) is 7.09. The predicted octanol–water partition coefficient (Wildman–Crippen LogP) is 4.88. The summed E-state index contributed by atoms with van der Waals surface area (Å²) in [6.45, 7) is 8.01. The first kappa shape index (κ1) is 29.3. The number of rotatable bonds is 11. The smallest absolute Gasteiger partial charge is 0.439 e. The Labute approximate surface area is 238 Å². The van der Waals surface area contributed by atoms with Crippen LogP contribution in [0.2, 0.25) is 0 Å². The van der Waals surface area contributed by atoms with E-state index in [0.717, 1.165) is 35.1 Å². The largest absolute Gasteiger partial charge is 0.452 e. The van der Waals surface area contributed by atoms with Gasteiger partial charge in [-0.15, -0.1) is 5.92 Å². The normalized spacial score (nSPS) is 10.9. The van der Waals surface area contributed by atoms with Crippen LogP contribution in [-0.4, -0.2) is 32.3 Å². The molecular weight excluding hydrogens is 520 g/mol. The van der Waals surface area contributed by atoms with E-state index >= 15 is 0 Å². The van der Waals surface area contributed by atoms with E-state index in [2.05, 4.69) is 28.9 Å². The molecule has 4 rings (SSSR count). The van der Waals surface area contributed by atoms with Crippen LogP contribution >= 0.6 is 0 Å². The lowest BCUT2D eigenvalue weighted by Gasteiger charge is -2.19. The minimum atomic E-state index is -0.617. The van der Waals surface area contributed by atoms with Crippen molar-refractivity contribution in [2.45, 2.75) is 65.8 Å². The average Bonchev–Trinajstić information content (AvgIpc) is 3.41. The van der Waals surface area contributed by atoms with Crippen LogP contribution in [0.4, 0.5) is 0 Å². The Morgan fingerprint density at radius 1 is 1.10 bits per heavy atom. The summed E-state index contributed by atoms with van der Waals surface area (Å²) in [6.07, 6.45) is 2.35. The van der Waals surface area contributed by atoms with Crippen LogP contribution in [0.15, 0.2) is 62.6 Å². The lowest BCUT2D eigenvalue weighted by Crippen LogP contribution is -2.32. The van der Waals surface area contributed by atoms with Gasteiger partial charge in [0.15, 0.2) is 12.4 Å². The molecule has 0 aliphatic heterocycles. The van der Waals surface area contributed by atoms with Crippen LogP contribution in [0.3, 0.4) is 0 Å². The number of benzene rings is 2. The molecule has 2 aromatic carbocycles. The van der Waals surface area contributed by atoms with Crippen molar-refractivity contribution in [2.75, 3.05) is 6.61 Å². The summed E-state index contributed by atoms with van der Waals surface area (Å²) in [4.78, 5) is 45.4. The van der Waals surface area contributed by atoms with Crippen molar-refractivity contribution >= 4 is 5.97 Å². The first-order valence-electron chi connectivity index (χ1n) is 13.7. The Bertz CT molecular complexity index is 1680. The summed E-state index contributed by atoms with van der Waals surface area (Å²) < 4.78 is 11.6. The number of aromatic amines is 1. The van der Waals surface area contributed by atoms with Gasteiger partial charge in [0.2, 0.25) is 0 Å². The first-order valence-corrected chi connectivity index (χ1v) is 13.7. The van der Waals surface area contributed by atoms with Crippen LogP contribution in [0, 0.1) is 11.8 Å². The molecule has 0 radical (unpaired) electrons. The fourth-order valence-electron chi connectivity index (χ4n) is 4.63. The molecule has 9 heteroatoms. The van der Waals surface area contributed by atoms with Crippen LogP contribution in [0.25, 0.3) is 22.5 Å². The van der Waals surface area contributed by atoms with Crippen molar-refractivity contribution in [3.8, 4) is 34.4 Å². The Hall–Kier alpha value is -4.71. The van der Waals surface area contributed by atoms with Crippen molar-refractivity contribution in [3.05, 3.63) is 92.1 Å². The summed E-state index contributed by atoms with van der Waals surface area (Å²) in [7, 11) is 0. The monoisotopic (exact) mass is 554 g/mol. The zero-order valence-corrected chi connectivity index (χ0v) is 23.8. The molecule has 0 amide bonds. The molecule has 9 nitrogen and oxygen atoms in total. The number of aryl methyl sites for hydroxylation is 1. The Balaban J connectivity index is 1.69. The summed E-state index contributed by atoms with van der Waals surface area (Å²) in [6, 6.07) is 15.4. The third-order valence-electron chi connectivity index (χ3n) is 6.71. The summed E-state index contributed by atoms with van der Waals surface area (Å²) in [5, 5.41) is 3.83. The molecule has 2 aromatic heterocycles. The average molecular weight is 555 g/mol. The predicted molar refractivity (Wildman–Crippen MR) is 156 cm³/mol. The van der Waals surface area contributed by atoms with Crippen LogP contribution < -0.4 is 11.3 Å². The fourth-order valence-corrected chi connectivity index (χ4v) is 4.63. The number of carbonyl (C=O) groups excluding carboxylic acids is 1. The number of esters is 1. The van der Waals surface area contributed by atoms with E-state index in [1.165, 1.54) is 0 Å². The van der Waals surface area contributed by atoms with Crippen LogP contribution in [0.1, 0.15) is 69.1 Å². The second-order valence-corrected chi connectivity index (χ2v) is 9.99. The molecule has 0 spiro atoms. The van der Waals surface area contributed by atoms with Crippen LogP contribution in [-0.2, 0) is 28.9 Å².